The van der Waals surface area contributed by atoms with Gasteiger partial charge in [0.1, 0.15) is 0 Å². The topological polar surface area (TPSA) is 45.3 Å². The van der Waals surface area contributed by atoms with Crippen LogP contribution in [0.5, 0.6) is 0 Å². The fraction of sp³-hybridized carbons (Fsp3) is 0.727. The Morgan fingerprint density at radius 3 is 2.10 bits per heavy atom. The number of methoxy groups -OCH3 is 2. The predicted molar refractivity (Wildman–Crippen MR) is 116 cm³/mol. The maximum absolute atomic E-state index is 15.2. The summed E-state index contributed by atoms with van der Waals surface area (Å²) in [7, 11) is 0.576. The molecule has 1 aromatic carbocycles. The van der Waals surface area contributed by atoms with Crippen molar-refractivity contribution >= 4 is 7.59 Å². The van der Waals surface area contributed by atoms with Crippen LogP contribution < -0.4 is 0 Å². The zero-order valence-electron chi connectivity index (χ0n) is 18.1. The van der Waals surface area contributed by atoms with E-state index in [9.17, 15) is 0 Å². The molecular weight excluding hydrogens is 385 g/mol. The Morgan fingerprint density at radius 1 is 0.931 bits per heavy atom. The van der Waals surface area contributed by atoms with E-state index < -0.39 is 7.59 Å². The van der Waals surface area contributed by atoms with E-state index in [-0.39, 0.29) is 18.1 Å². The molecule has 29 heavy (non-hydrogen) atoms. The second-order valence-electron chi connectivity index (χ2n) is 8.63. The number of fused-ring (bicyclic) bond motifs is 1. The summed E-state index contributed by atoms with van der Waals surface area (Å²) in [5, 5.41) is 0. The second kappa shape index (κ2) is 9.17. The van der Waals surface area contributed by atoms with Crippen LogP contribution in [0.25, 0.3) is 0 Å². The van der Waals surface area contributed by atoms with Gasteiger partial charge < -0.3 is 9.47 Å². The van der Waals surface area contributed by atoms with Crippen molar-refractivity contribution in [2.24, 2.45) is 0 Å². The Labute approximate surface area is 175 Å². The Balaban J connectivity index is 1.74. The van der Waals surface area contributed by atoms with Crippen molar-refractivity contribution in [3.8, 4) is 0 Å². The number of ether oxygens (including phenoxy) is 2. The van der Waals surface area contributed by atoms with Crippen molar-refractivity contribution in [2.75, 3.05) is 47.1 Å². The molecule has 0 N–H and O–H groups in total. The fourth-order valence-electron chi connectivity index (χ4n) is 5.61. The highest BCUT2D eigenvalue weighted by atomic mass is 31.2. The van der Waals surface area contributed by atoms with Crippen LogP contribution in [0, 0.1) is 0 Å². The summed E-state index contributed by atoms with van der Waals surface area (Å²) in [6.45, 7) is 6.12. The van der Waals surface area contributed by atoms with Crippen LogP contribution in [0.1, 0.15) is 49.8 Å². The maximum atomic E-state index is 15.2. The zero-order chi connectivity index (χ0) is 20.4. The molecule has 3 atom stereocenters. The molecule has 3 unspecified atom stereocenters. The lowest BCUT2D eigenvalue weighted by Crippen LogP contribution is -2.48. The minimum atomic E-state index is -2.93. The van der Waals surface area contributed by atoms with E-state index in [1.165, 1.54) is 11.1 Å². The van der Waals surface area contributed by atoms with Gasteiger partial charge in [0.05, 0.1) is 13.2 Å². The average molecular weight is 422 g/mol. The van der Waals surface area contributed by atoms with Crippen molar-refractivity contribution in [1.29, 1.82) is 0 Å². The molecule has 2 saturated heterocycles. The molecule has 4 rings (SSSR count). The first-order chi connectivity index (χ1) is 14.1. The summed E-state index contributed by atoms with van der Waals surface area (Å²) in [6, 6.07) is 9.24. The molecule has 0 bridgehead atoms. The van der Waals surface area contributed by atoms with E-state index in [2.05, 4.69) is 45.2 Å². The largest absolute Gasteiger partial charge is 0.383 e. The molecule has 2 fully saturated rings. The maximum Gasteiger partial charge on any atom is 0.288 e. The molecule has 0 spiro atoms. The summed E-state index contributed by atoms with van der Waals surface area (Å²) in [6.07, 6.45) is 5.23. The molecule has 0 amide bonds. The molecular formula is C22H36N3O3P. The summed E-state index contributed by atoms with van der Waals surface area (Å²) in [5.74, 6) is 0. The van der Waals surface area contributed by atoms with Crippen LogP contribution in [0.3, 0.4) is 0 Å². The van der Waals surface area contributed by atoms with E-state index in [1.54, 1.807) is 14.2 Å². The van der Waals surface area contributed by atoms with E-state index in [1.807, 2.05) is 0 Å². The lowest BCUT2D eigenvalue weighted by molar-refractivity contribution is 0.118. The van der Waals surface area contributed by atoms with Gasteiger partial charge >= 0.3 is 0 Å². The van der Waals surface area contributed by atoms with Gasteiger partial charge in [-0.2, -0.15) is 0 Å². The van der Waals surface area contributed by atoms with E-state index in [0.29, 0.717) is 13.2 Å². The molecule has 1 aromatic rings. The third kappa shape index (κ3) is 3.84. The summed E-state index contributed by atoms with van der Waals surface area (Å²) < 4.78 is 33.3. The van der Waals surface area contributed by atoms with Crippen molar-refractivity contribution in [3.05, 3.63) is 35.4 Å². The van der Waals surface area contributed by atoms with Crippen LogP contribution >= 0.6 is 7.59 Å². The van der Waals surface area contributed by atoms with E-state index in [0.717, 1.165) is 51.7 Å². The monoisotopic (exact) mass is 421 g/mol. The average Bonchev–Trinajstić information content (AvgIpc) is 3.39. The van der Waals surface area contributed by atoms with Crippen LogP contribution in [0.2, 0.25) is 0 Å². The van der Waals surface area contributed by atoms with Gasteiger partial charge in [-0.3, -0.25) is 4.57 Å². The Morgan fingerprint density at radius 2 is 1.52 bits per heavy atom. The van der Waals surface area contributed by atoms with Crippen molar-refractivity contribution in [1.82, 2.24) is 14.0 Å². The van der Waals surface area contributed by atoms with Gasteiger partial charge in [-0.1, -0.05) is 24.3 Å². The summed E-state index contributed by atoms with van der Waals surface area (Å²) in [5.41, 5.74) is 2.72. The smallest absolute Gasteiger partial charge is 0.288 e. The van der Waals surface area contributed by atoms with Gasteiger partial charge in [0.25, 0.3) is 7.59 Å². The lowest BCUT2D eigenvalue weighted by Gasteiger charge is -2.49. The Bertz CT molecular complexity index is 718. The molecule has 3 aliphatic rings. The molecule has 3 aliphatic heterocycles. The van der Waals surface area contributed by atoms with Crippen LogP contribution in [-0.2, 0) is 20.5 Å². The van der Waals surface area contributed by atoms with Crippen molar-refractivity contribution < 1.29 is 14.0 Å². The fourth-order valence-corrected chi connectivity index (χ4v) is 9.45. The van der Waals surface area contributed by atoms with Crippen LogP contribution in [0.4, 0.5) is 0 Å². The summed E-state index contributed by atoms with van der Waals surface area (Å²) >= 11 is 0. The van der Waals surface area contributed by atoms with E-state index in [4.69, 9.17) is 9.47 Å². The highest BCUT2D eigenvalue weighted by Crippen LogP contribution is 2.64. The van der Waals surface area contributed by atoms with Crippen LogP contribution in [0.15, 0.2) is 24.3 Å². The third-order valence-corrected chi connectivity index (χ3v) is 10.6. The van der Waals surface area contributed by atoms with Gasteiger partial charge in [-0.25, -0.2) is 14.0 Å². The number of hydrogen-bond acceptors (Lipinski definition) is 3. The third-order valence-electron chi connectivity index (χ3n) is 6.98. The first-order valence-electron chi connectivity index (χ1n) is 11.1. The van der Waals surface area contributed by atoms with Crippen LogP contribution in [-0.4, -0.2) is 73.2 Å². The first kappa shape index (κ1) is 21.5. The van der Waals surface area contributed by atoms with Gasteiger partial charge in [0.2, 0.25) is 0 Å². The molecule has 162 valence electrons. The lowest BCUT2D eigenvalue weighted by atomic mass is 9.96. The molecule has 0 aliphatic carbocycles. The predicted octanol–water partition coefficient (Wildman–Crippen LogP) is 3.94. The zero-order valence-corrected chi connectivity index (χ0v) is 19.0. The molecule has 0 saturated carbocycles. The Hall–Kier alpha value is -0.750. The van der Waals surface area contributed by atoms with Gasteiger partial charge in [0, 0.05) is 52.0 Å². The number of benzene rings is 1. The number of nitrogens with zero attached hydrogens (tertiary/aromatic N) is 3. The highest BCUT2D eigenvalue weighted by molar-refractivity contribution is 7.56. The highest BCUT2D eigenvalue weighted by Gasteiger charge is 2.52. The Kier molecular flexibility index (Phi) is 6.79. The standard InChI is InChI=1S/C22H36N3O3P/c1-18-22-11-5-4-8-19(22)12-15-23(18)29(26,24-13-6-9-20(24)16-27-2)25-14-7-10-21(25)17-28-3/h4-5,8,11,18,20-21H,6-7,9-10,12-17H2,1-3H3. The SMILES string of the molecule is COCC1CCCN1P(=O)(N1CCCC1COC)N1CCc2ccccc2C1C. The van der Waals surface area contributed by atoms with E-state index >= 15 is 4.57 Å². The molecule has 0 aromatic heterocycles. The normalized spacial score (nSPS) is 31.1. The van der Waals surface area contributed by atoms with Gasteiger partial charge in [0.15, 0.2) is 0 Å². The molecule has 7 heteroatoms. The van der Waals surface area contributed by atoms with Crippen molar-refractivity contribution in [3.63, 3.8) is 0 Å². The number of hydrogen-bond donors (Lipinski definition) is 0. The molecule has 3 heterocycles. The quantitative estimate of drug-likeness (QED) is 0.622. The first-order valence-corrected chi connectivity index (χ1v) is 12.6. The number of rotatable bonds is 7. The van der Waals surface area contributed by atoms with Gasteiger partial charge in [-0.15, -0.1) is 0 Å². The molecule has 6 nitrogen and oxygen atoms in total. The van der Waals surface area contributed by atoms with Crippen molar-refractivity contribution in [2.45, 2.75) is 57.2 Å². The minimum absolute atomic E-state index is 0.137. The molecule has 0 radical (unpaired) electrons. The second-order valence-corrected chi connectivity index (χ2v) is 11.2. The van der Waals surface area contributed by atoms with Gasteiger partial charge in [-0.05, 0) is 50.2 Å². The minimum Gasteiger partial charge on any atom is -0.383 e. The summed E-state index contributed by atoms with van der Waals surface area (Å²) in [4.78, 5) is 0.